The van der Waals surface area contributed by atoms with Gasteiger partial charge in [0.2, 0.25) is 5.91 Å². The fourth-order valence-electron chi connectivity index (χ4n) is 3.34. The van der Waals surface area contributed by atoms with E-state index in [0.717, 1.165) is 56.1 Å². The molecule has 0 saturated carbocycles. The van der Waals surface area contributed by atoms with E-state index in [1.807, 2.05) is 43.1 Å². The predicted octanol–water partition coefficient (Wildman–Crippen LogP) is 1.64. The monoisotopic (exact) mass is 368 g/mol. The summed E-state index contributed by atoms with van der Waals surface area (Å²) < 4.78 is 0. The molecule has 0 aromatic carbocycles. The van der Waals surface area contributed by atoms with Crippen LogP contribution >= 0.6 is 0 Å². The van der Waals surface area contributed by atoms with Gasteiger partial charge in [0.15, 0.2) is 5.82 Å². The average Bonchev–Trinajstić information content (AvgIpc) is 2.68. The summed E-state index contributed by atoms with van der Waals surface area (Å²) in [5, 5.41) is 11.5. The Bertz CT molecular complexity index is 713. The van der Waals surface area contributed by atoms with Crippen LogP contribution in [0.1, 0.15) is 24.1 Å². The van der Waals surface area contributed by atoms with Gasteiger partial charge in [0, 0.05) is 38.6 Å². The molecule has 7 nitrogen and oxygen atoms in total. The Morgan fingerprint density at radius 3 is 2.59 bits per heavy atom. The second kappa shape index (κ2) is 9.41. The van der Waals surface area contributed by atoms with E-state index < -0.39 is 0 Å². The number of aromatic nitrogens is 3. The number of nitrogens with zero attached hydrogens (tertiary/aromatic N) is 5. The first-order valence-electron chi connectivity index (χ1n) is 9.49. The summed E-state index contributed by atoms with van der Waals surface area (Å²) in [5.41, 5.74) is 2.09. The summed E-state index contributed by atoms with van der Waals surface area (Å²) in [4.78, 5) is 20.5. The Kier molecular flexibility index (Phi) is 6.70. The van der Waals surface area contributed by atoms with E-state index in [9.17, 15) is 4.79 Å². The molecule has 3 rings (SSSR count). The van der Waals surface area contributed by atoms with Gasteiger partial charge in [-0.05, 0) is 62.6 Å². The number of piperidine rings is 1. The first-order valence-corrected chi connectivity index (χ1v) is 9.49. The van der Waals surface area contributed by atoms with Gasteiger partial charge in [-0.25, -0.2) is 0 Å². The smallest absolute Gasteiger partial charge is 0.234 e. The number of hydrogen-bond acceptors (Lipinski definition) is 6. The Balaban J connectivity index is 1.35. The first kappa shape index (κ1) is 19.2. The maximum Gasteiger partial charge on any atom is 0.234 e. The second-order valence-electron chi connectivity index (χ2n) is 7.30. The predicted molar refractivity (Wildman–Crippen MR) is 105 cm³/mol. The normalized spacial score (nSPS) is 15.1. The SMILES string of the molecule is Cc1ccc(N2CCC(CNC(=O)CN(C)Cc3ccncc3)CC2)nn1. The minimum absolute atomic E-state index is 0.0818. The number of carbonyl (C=O) groups is 1. The van der Waals surface area contributed by atoms with Gasteiger partial charge in [-0.1, -0.05) is 0 Å². The number of likely N-dealkylation sites (N-methyl/N-ethyl adjacent to an activating group) is 1. The topological polar surface area (TPSA) is 74.2 Å². The number of nitrogens with one attached hydrogen (secondary N) is 1. The Hall–Kier alpha value is -2.54. The highest BCUT2D eigenvalue weighted by atomic mass is 16.2. The minimum atomic E-state index is 0.0818. The highest BCUT2D eigenvalue weighted by Gasteiger charge is 2.21. The summed E-state index contributed by atoms with van der Waals surface area (Å²) >= 11 is 0. The van der Waals surface area contributed by atoms with Gasteiger partial charge < -0.3 is 10.2 Å². The third-order valence-corrected chi connectivity index (χ3v) is 4.93. The molecule has 144 valence electrons. The van der Waals surface area contributed by atoms with E-state index in [1.54, 1.807) is 12.4 Å². The molecular weight excluding hydrogens is 340 g/mol. The van der Waals surface area contributed by atoms with Crippen LogP contribution in [0.4, 0.5) is 5.82 Å². The van der Waals surface area contributed by atoms with Crippen molar-refractivity contribution in [2.45, 2.75) is 26.3 Å². The van der Waals surface area contributed by atoms with Crippen LogP contribution in [-0.2, 0) is 11.3 Å². The lowest BCUT2D eigenvalue weighted by Crippen LogP contribution is -2.41. The molecule has 2 aromatic rings. The van der Waals surface area contributed by atoms with Crippen LogP contribution in [0.15, 0.2) is 36.7 Å². The van der Waals surface area contributed by atoms with Gasteiger partial charge in [-0.15, -0.1) is 5.10 Å². The average molecular weight is 368 g/mol. The molecule has 1 amide bonds. The molecule has 1 saturated heterocycles. The van der Waals surface area contributed by atoms with Gasteiger partial charge in [0.05, 0.1) is 12.2 Å². The molecule has 27 heavy (non-hydrogen) atoms. The maximum atomic E-state index is 12.2. The van der Waals surface area contributed by atoms with Crippen molar-refractivity contribution in [2.75, 3.05) is 38.1 Å². The quantitative estimate of drug-likeness (QED) is 0.801. The molecule has 0 spiro atoms. The van der Waals surface area contributed by atoms with Crippen molar-refractivity contribution in [3.63, 3.8) is 0 Å². The van der Waals surface area contributed by atoms with Crippen molar-refractivity contribution in [2.24, 2.45) is 5.92 Å². The van der Waals surface area contributed by atoms with Crippen LogP contribution < -0.4 is 10.2 Å². The summed E-state index contributed by atoms with van der Waals surface area (Å²) in [5.74, 6) is 1.55. The molecule has 0 bridgehead atoms. The lowest BCUT2D eigenvalue weighted by molar-refractivity contribution is -0.122. The van der Waals surface area contributed by atoms with Crippen LogP contribution in [0, 0.1) is 12.8 Å². The fraction of sp³-hybridized carbons (Fsp3) is 0.500. The number of rotatable bonds is 7. The number of carbonyl (C=O) groups excluding carboxylic acids is 1. The van der Waals surface area contributed by atoms with Crippen molar-refractivity contribution in [3.8, 4) is 0 Å². The number of anilines is 1. The van der Waals surface area contributed by atoms with E-state index in [-0.39, 0.29) is 5.91 Å². The maximum absolute atomic E-state index is 12.2. The van der Waals surface area contributed by atoms with E-state index in [4.69, 9.17) is 0 Å². The summed E-state index contributed by atoms with van der Waals surface area (Å²) in [6.45, 7) is 5.75. The lowest BCUT2D eigenvalue weighted by Gasteiger charge is -2.32. The highest BCUT2D eigenvalue weighted by molar-refractivity contribution is 5.77. The molecule has 1 aliphatic heterocycles. The zero-order chi connectivity index (χ0) is 19.1. The molecule has 0 unspecified atom stereocenters. The molecule has 0 atom stereocenters. The van der Waals surface area contributed by atoms with Gasteiger partial charge in [-0.3, -0.25) is 14.7 Å². The van der Waals surface area contributed by atoms with Gasteiger partial charge in [0.1, 0.15) is 0 Å². The van der Waals surface area contributed by atoms with Crippen molar-refractivity contribution in [1.29, 1.82) is 0 Å². The Morgan fingerprint density at radius 2 is 1.93 bits per heavy atom. The molecule has 1 N–H and O–H groups in total. The van der Waals surface area contributed by atoms with Crippen molar-refractivity contribution in [1.82, 2.24) is 25.4 Å². The minimum Gasteiger partial charge on any atom is -0.355 e. The first-order chi connectivity index (χ1) is 13.1. The van der Waals surface area contributed by atoms with Crippen LogP contribution in [0.2, 0.25) is 0 Å². The van der Waals surface area contributed by atoms with Crippen LogP contribution in [-0.4, -0.2) is 59.2 Å². The zero-order valence-electron chi connectivity index (χ0n) is 16.1. The van der Waals surface area contributed by atoms with E-state index in [0.29, 0.717) is 12.5 Å². The number of amides is 1. The standard InChI is InChI=1S/C20H28N6O/c1-16-3-4-19(24-23-16)26-11-7-17(8-12-26)13-22-20(27)15-25(2)14-18-5-9-21-10-6-18/h3-6,9-10,17H,7-8,11-15H2,1-2H3,(H,22,27). The molecule has 1 fully saturated rings. The molecular formula is C20H28N6O. The Morgan fingerprint density at radius 1 is 1.19 bits per heavy atom. The summed E-state index contributed by atoms with van der Waals surface area (Å²) in [6, 6.07) is 7.97. The van der Waals surface area contributed by atoms with Crippen molar-refractivity contribution in [3.05, 3.63) is 47.9 Å². The molecule has 3 heterocycles. The number of hydrogen-bond donors (Lipinski definition) is 1. The van der Waals surface area contributed by atoms with E-state index in [2.05, 4.69) is 25.4 Å². The van der Waals surface area contributed by atoms with Crippen LogP contribution in [0.3, 0.4) is 0 Å². The largest absolute Gasteiger partial charge is 0.355 e. The molecule has 1 aliphatic rings. The highest BCUT2D eigenvalue weighted by Crippen LogP contribution is 2.20. The third kappa shape index (κ3) is 5.99. The zero-order valence-corrected chi connectivity index (χ0v) is 16.1. The molecule has 2 aromatic heterocycles. The second-order valence-corrected chi connectivity index (χ2v) is 7.30. The van der Waals surface area contributed by atoms with Gasteiger partial charge in [-0.2, -0.15) is 5.10 Å². The molecule has 0 radical (unpaired) electrons. The van der Waals surface area contributed by atoms with Gasteiger partial charge >= 0.3 is 0 Å². The Labute approximate surface area is 160 Å². The third-order valence-electron chi connectivity index (χ3n) is 4.93. The van der Waals surface area contributed by atoms with Crippen molar-refractivity contribution >= 4 is 11.7 Å². The number of pyridine rings is 1. The van der Waals surface area contributed by atoms with Gasteiger partial charge in [0.25, 0.3) is 0 Å². The van der Waals surface area contributed by atoms with E-state index in [1.165, 1.54) is 0 Å². The summed E-state index contributed by atoms with van der Waals surface area (Å²) in [7, 11) is 1.96. The summed E-state index contributed by atoms with van der Waals surface area (Å²) in [6.07, 6.45) is 5.67. The van der Waals surface area contributed by atoms with Crippen LogP contribution in [0.25, 0.3) is 0 Å². The molecule has 0 aliphatic carbocycles. The van der Waals surface area contributed by atoms with E-state index >= 15 is 0 Å². The van der Waals surface area contributed by atoms with Crippen molar-refractivity contribution < 1.29 is 4.79 Å². The lowest BCUT2D eigenvalue weighted by atomic mass is 9.97. The molecule has 7 heteroatoms. The fourth-order valence-corrected chi connectivity index (χ4v) is 3.34. The van der Waals surface area contributed by atoms with Crippen LogP contribution in [0.5, 0.6) is 0 Å². The number of aryl methyl sites for hydroxylation is 1.